The molecule has 2 heterocycles. The summed E-state index contributed by atoms with van der Waals surface area (Å²) in [6.45, 7) is -1.16. The molecule has 140 valence electrons. The largest absolute Gasteiger partial charge is 0.435 e. The van der Waals surface area contributed by atoms with Gasteiger partial charge < -0.3 is 10.5 Å². The molecule has 1 aliphatic heterocycles. The third kappa shape index (κ3) is 3.36. The van der Waals surface area contributed by atoms with Gasteiger partial charge in [0.2, 0.25) is 5.91 Å². The predicted octanol–water partition coefficient (Wildman–Crippen LogP) is 3.01. The number of nitriles is 1. The SMILES string of the molecule is CN1C(=O)C(c2ccc(OC(F)F)cc2)C(C)(c2ccc(C#N)s2)N=C1N. The lowest BCUT2D eigenvalue weighted by Gasteiger charge is -2.40. The van der Waals surface area contributed by atoms with Gasteiger partial charge in [-0.1, -0.05) is 12.1 Å². The van der Waals surface area contributed by atoms with Crippen molar-refractivity contribution in [3.8, 4) is 11.8 Å². The predicted molar refractivity (Wildman–Crippen MR) is 96.6 cm³/mol. The number of hydrogen-bond acceptors (Lipinski definition) is 6. The van der Waals surface area contributed by atoms with Crippen LogP contribution in [0.3, 0.4) is 0 Å². The smallest absolute Gasteiger partial charge is 0.387 e. The van der Waals surface area contributed by atoms with Gasteiger partial charge in [0.05, 0.1) is 5.92 Å². The Bertz CT molecular complexity index is 936. The van der Waals surface area contributed by atoms with Gasteiger partial charge in [-0.05, 0) is 36.8 Å². The second kappa shape index (κ2) is 6.96. The number of benzene rings is 1. The Morgan fingerprint density at radius 3 is 2.56 bits per heavy atom. The zero-order chi connectivity index (χ0) is 19.8. The summed E-state index contributed by atoms with van der Waals surface area (Å²) in [5.74, 6) is -0.943. The summed E-state index contributed by atoms with van der Waals surface area (Å²) < 4.78 is 29.1. The van der Waals surface area contributed by atoms with E-state index >= 15 is 0 Å². The molecule has 0 radical (unpaired) electrons. The normalized spacial score (nSPS) is 22.5. The van der Waals surface area contributed by atoms with Crippen LogP contribution >= 0.6 is 11.3 Å². The Morgan fingerprint density at radius 1 is 1.33 bits per heavy atom. The minimum atomic E-state index is -2.93. The van der Waals surface area contributed by atoms with Gasteiger partial charge in [-0.15, -0.1) is 11.3 Å². The molecule has 2 N–H and O–H groups in total. The summed E-state index contributed by atoms with van der Waals surface area (Å²) in [7, 11) is 1.52. The first-order chi connectivity index (χ1) is 12.8. The molecule has 0 fully saturated rings. The topological polar surface area (TPSA) is 91.7 Å². The van der Waals surface area contributed by atoms with Crippen molar-refractivity contribution in [2.75, 3.05) is 7.05 Å². The summed E-state index contributed by atoms with van der Waals surface area (Å²) >= 11 is 1.24. The zero-order valence-electron chi connectivity index (χ0n) is 14.5. The van der Waals surface area contributed by atoms with Crippen LogP contribution < -0.4 is 10.5 Å². The maximum atomic E-state index is 13.0. The Balaban J connectivity index is 2.09. The molecule has 0 spiro atoms. The number of likely N-dealkylation sites (N-methyl/N-ethyl adjacent to an activating group) is 1. The van der Waals surface area contributed by atoms with E-state index in [2.05, 4.69) is 15.8 Å². The van der Waals surface area contributed by atoms with Crippen molar-refractivity contribution in [1.29, 1.82) is 5.26 Å². The van der Waals surface area contributed by atoms with Crippen LogP contribution in [0.4, 0.5) is 8.78 Å². The van der Waals surface area contributed by atoms with Crippen molar-refractivity contribution >= 4 is 23.2 Å². The quantitative estimate of drug-likeness (QED) is 0.869. The van der Waals surface area contributed by atoms with Crippen molar-refractivity contribution < 1.29 is 18.3 Å². The number of halogens is 2. The molecule has 9 heteroatoms. The zero-order valence-corrected chi connectivity index (χ0v) is 15.3. The molecule has 1 aliphatic rings. The summed E-state index contributed by atoms with van der Waals surface area (Å²) in [6.07, 6.45) is 0. The van der Waals surface area contributed by atoms with Crippen LogP contribution in [0.15, 0.2) is 41.4 Å². The van der Waals surface area contributed by atoms with Gasteiger partial charge in [0.25, 0.3) is 0 Å². The minimum Gasteiger partial charge on any atom is -0.435 e. The Labute approximate surface area is 158 Å². The fourth-order valence-corrected chi connectivity index (χ4v) is 4.03. The second-order valence-electron chi connectivity index (χ2n) is 6.17. The monoisotopic (exact) mass is 390 g/mol. The first-order valence-electron chi connectivity index (χ1n) is 7.94. The summed E-state index contributed by atoms with van der Waals surface area (Å²) in [5.41, 5.74) is 5.48. The average molecular weight is 390 g/mol. The third-order valence-corrected chi connectivity index (χ3v) is 5.70. The summed E-state index contributed by atoms with van der Waals surface area (Å²) in [5, 5.41) is 9.11. The summed E-state index contributed by atoms with van der Waals surface area (Å²) in [4.78, 5) is 20.0. The highest BCUT2D eigenvalue weighted by molar-refractivity contribution is 7.12. The number of guanidine groups is 1. The molecule has 1 amide bonds. The van der Waals surface area contributed by atoms with Crippen LogP contribution in [0.25, 0.3) is 0 Å². The molecule has 2 unspecified atom stereocenters. The van der Waals surface area contributed by atoms with Crippen molar-refractivity contribution in [3.05, 3.63) is 51.7 Å². The number of carbonyl (C=O) groups excluding carboxylic acids is 1. The number of thiophene rings is 1. The molecular formula is C18H16F2N4O2S. The lowest BCUT2D eigenvalue weighted by Crippen LogP contribution is -2.52. The molecule has 6 nitrogen and oxygen atoms in total. The number of rotatable bonds is 4. The van der Waals surface area contributed by atoms with Crippen molar-refractivity contribution in [2.24, 2.45) is 10.7 Å². The van der Waals surface area contributed by atoms with Crippen molar-refractivity contribution in [2.45, 2.75) is 25.0 Å². The fourth-order valence-electron chi connectivity index (χ4n) is 3.10. The molecule has 2 aromatic rings. The van der Waals surface area contributed by atoms with E-state index in [1.807, 2.05) is 0 Å². The molecule has 1 aromatic heterocycles. The van der Waals surface area contributed by atoms with Crippen molar-refractivity contribution in [3.63, 3.8) is 0 Å². The molecule has 0 saturated carbocycles. The average Bonchev–Trinajstić information content (AvgIpc) is 3.11. The molecule has 1 aromatic carbocycles. The number of aliphatic imine (C=N–C) groups is 1. The Hall–Kier alpha value is -2.99. The van der Waals surface area contributed by atoms with Gasteiger partial charge in [-0.2, -0.15) is 14.0 Å². The van der Waals surface area contributed by atoms with E-state index in [1.54, 1.807) is 31.2 Å². The van der Waals surface area contributed by atoms with Crippen LogP contribution in [-0.4, -0.2) is 30.4 Å². The van der Waals surface area contributed by atoms with E-state index in [9.17, 15) is 13.6 Å². The van der Waals surface area contributed by atoms with E-state index in [0.29, 0.717) is 15.3 Å². The van der Waals surface area contributed by atoms with Gasteiger partial charge in [0, 0.05) is 11.9 Å². The fraction of sp³-hybridized carbons (Fsp3) is 0.278. The van der Waals surface area contributed by atoms with Crippen LogP contribution in [0.1, 0.15) is 28.2 Å². The Kier molecular flexibility index (Phi) is 4.85. The molecule has 0 saturated heterocycles. The van der Waals surface area contributed by atoms with Crippen molar-refractivity contribution in [1.82, 2.24) is 4.90 Å². The van der Waals surface area contributed by atoms with Gasteiger partial charge in [0.15, 0.2) is 5.96 Å². The van der Waals surface area contributed by atoms with Gasteiger partial charge in [-0.3, -0.25) is 9.69 Å². The van der Waals surface area contributed by atoms with E-state index in [1.165, 1.54) is 35.4 Å². The maximum absolute atomic E-state index is 13.0. The van der Waals surface area contributed by atoms with Gasteiger partial charge in [0.1, 0.15) is 22.2 Å². The summed E-state index contributed by atoms with van der Waals surface area (Å²) in [6, 6.07) is 11.4. The molecule has 0 bridgehead atoms. The van der Waals surface area contributed by atoms with Crippen LogP contribution in [0.2, 0.25) is 0 Å². The highest BCUT2D eigenvalue weighted by Gasteiger charge is 2.48. The Morgan fingerprint density at radius 2 is 2.00 bits per heavy atom. The highest BCUT2D eigenvalue weighted by Crippen LogP contribution is 2.46. The molecular weight excluding hydrogens is 374 g/mol. The lowest BCUT2D eigenvalue weighted by atomic mass is 9.78. The number of nitrogens with two attached hydrogens (primary N) is 1. The number of amides is 1. The number of carbonyl (C=O) groups is 1. The maximum Gasteiger partial charge on any atom is 0.387 e. The van der Waals surface area contributed by atoms with Crippen LogP contribution in [0, 0.1) is 11.3 Å². The number of nitrogens with zero attached hydrogens (tertiary/aromatic N) is 3. The van der Waals surface area contributed by atoms with Crippen LogP contribution in [0.5, 0.6) is 5.75 Å². The van der Waals surface area contributed by atoms with Gasteiger partial charge >= 0.3 is 6.61 Å². The van der Waals surface area contributed by atoms with E-state index in [0.717, 1.165) is 0 Å². The standard InChI is InChI=1S/C18H16F2N4O2S/c1-18(13-8-7-12(9-21)27-13)14(15(25)24(2)17(22)23-18)10-3-5-11(6-4-10)26-16(19)20/h3-8,14,16H,1-2H3,(H2,22,23). The highest BCUT2D eigenvalue weighted by atomic mass is 32.1. The molecule has 0 aliphatic carbocycles. The third-order valence-electron chi connectivity index (χ3n) is 4.48. The molecule has 27 heavy (non-hydrogen) atoms. The lowest BCUT2D eigenvalue weighted by molar-refractivity contribution is -0.130. The second-order valence-corrected chi connectivity index (χ2v) is 7.25. The molecule has 2 atom stereocenters. The minimum absolute atomic E-state index is 0.00188. The first-order valence-corrected chi connectivity index (χ1v) is 8.76. The van der Waals surface area contributed by atoms with E-state index in [4.69, 9.17) is 11.0 Å². The number of ether oxygens (including phenoxy) is 1. The van der Waals surface area contributed by atoms with Crippen LogP contribution in [-0.2, 0) is 10.3 Å². The van der Waals surface area contributed by atoms with E-state index in [-0.39, 0.29) is 17.6 Å². The number of alkyl halides is 2. The van der Waals surface area contributed by atoms with Gasteiger partial charge in [-0.25, -0.2) is 4.99 Å². The molecule has 3 rings (SSSR count). The number of hydrogen-bond donors (Lipinski definition) is 1. The first kappa shape index (κ1) is 18.8. The van der Waals surface area contributed by atoms with E-state index < -0.39 is 18.1 Å².